The molecule has 1 heterocycles. The van der Waals surface area contributed by atoms with Crippen molar-refractivity contribution in [2.45, 2.75) is 32.9 Å². The van der Waals surface area contributed by atoms with Crippen molar-refractivity contribution in [1.82, 2.24) is 14.0 Å². The first kappa shape index (κ1) is 19.4. The molecule has 0 fully saturated rings. The van der Waals surface area contributed by atoms with Gasteiger partial charge in [0.05, 0.1) is 5.69 Å². The molecule has 2 rings (SSSR count). The van der Waals surface area contributed by atoms with E-state index < -0.39 is 10.2 Å². The van der Waals surface area contributed by atoms with Crippen LogP contribution in [0.15, 0.2) is 48.7 Å². The van der Waals surface area contributed by atoms with E-state index in [0.29, 0.717) is 13.2 Å². The molecule has 0 atom stereocenters. The van der Waals surface area contributed by atoms with Gasteiger partial charge < -0.3 is 4.74 Å². The molecule has 1 aromatic carbocycles. The third-order valence-electron chi connectivity index (χ3n) is 3.73. The van der Waals surface area contributed by atoms with Crippen LogP contribution < -0.4 is 9.46 Å². The molecule has 0 aliphatic heterocycles. The number of nitrogens with zero attached hydrogens (tertiary/aromatic N) is 2. The van der Waals surface area contributed by atoms with Crippen molar-refractivity contribution < 1.29 is 13.2 Å². The zero-order valence-electron chi connectivity index (χ0n) is 14.7. The van der Waals surface area contributed by atoms with Crippen molar-refractivity contribution in [3.63, 3.8) is 0 Å². The van der Waals surface area contributed by atoms with Crippen LogP contribution in [0.25, 0.3) is 0 Å². The lowest BCUT2D eigenvalue weighted by Gasteiger charge is -2.17. The summed E-state index contributed by atoms with van der Waals surface area (Å²) in [6.45, 7) is 3.20. The summed E-state index contributed by atoms with van der Waals surface area (Å²) in [5, 5.41) is 0. The van der Waals surface area contributed by atoms with Crippen LogP contribution >= 0.6 is 0 Å². The summed E-state index contributed by atoms with van der Waals surface area (Å²) in [6.07, 6.45) is 3.53. The molecular formula is C18H25N3O3S. The average molecular weight is 363 g/mol. The zero-order valence-corrected chi connectivity index (χ0v) is 15.5. The van der Waals surface area contributed by atoms with Crippen molar-refractivity contribution in [1.29, 1.82) is 0 Å². The van der Waals surface area contributed by atoms with Gasteiger partial charge in [-0.15, -0.1) is 0 Å². The van der Waals surface area contributed by atoms with E-state index in [1.807, 2.05) is 49.4 Å². The number of aromatic nitrogens is 1. The number of benzene rings is 1. The van der Waals surface area contributed by atoms with Gasteiger partial charge in [-0.1, -0.05) is 31.5 Å². The Balaban J connectivity index is 1.83. The Morgan fingerprint density at radius 3 is 2.56 bits per heavy atom. The van der Waals surface area contributed by atoms with Crippen molar-refractivity contribution in [3.05, 3.63) is 59.9 Å². The molecule has 0 aliphatic carbocycles. The smallest absolute Gasteiger partial charge is 0.279 e. The number of ether oxygens (including phenoxy) is 1. The molecule has 0 aliphatic rings. The van der Waals surface area contributed by atoms with Crippen LogP contribution in [0.3, 0.4) is 0 Å². The predicted octanol–water partition coefficient (Wildman–Crippen LogP) is 2.73. The second-order valence-electron chi connectivity index (χ2n) is 5.75. The van der Waals surface area contributed by atoms with Crippen LogP contribution in [-0.2, 0) is 23.4 Å². The van der Waals surface area contributed by atoms with Crippen LogP contribution in [0.2, 0.25) is 0 Å². The van der Waals surface area contributed by atoms with Crippen molar-refractivity contribution >= 4 is 10.2 Å². The van der Waals surface area contributed by atoms with Crippen molar-refractivity contribution in [3.8, 4) is 5.75 Å². The summed E-state index contributed by atoms with van der Waals surface area (Å²) in [4.78, 5) is 4.20. The van der Waals surface area contributed by atoms with E-state index in [1.165, 1.54) is 4.31 Å². The summed E-state index contributed by atoms with van der Waals surface area (Å²) in [7, 11) is -1.85. The highest BCUT2D eigenvalue weighted by Gasteiger charge is 2.16. The molecule has 7 heteroatoms. The van der Waals surface area contributed by atoms with Crippen LogP contribution in [0.1, 0.15) is 31.0 Å². The molecule has 0 spiro atoms. The molecule has 6 nitrogen and oxygen atoms in total. The first-order chi connectivity index (χ1) is 12.0. The predicted molar refractivity (Wildman–Crippen MR) is 98.3 cm³/mol. The number of pyridine rings is 1. The van der Waals surface area contributed by atoms with Gasteiger partial charge in [0, 0.05) is 26.3 Å². The van der Waals surface area contributed by atoms with Crippen LogP contribution in [0.4, 0.5) is 0 Å². The van der Waals surface area contributed by atoms with E-state index in [1.54, 1.807) is 13.2 Å². The highest BCUT2D eigenvalue weighted by atomic mass is 32.2. The minimum absolute atomic E-state index is 0.249. The first-order valence-corrected chi connectivity index (χ1v) is 9.78. The van der Waals surface area contributed by atoms with E-state index in [2.05, 4.69) is 9.71 Å². The molecule has 1 N–H and O–H groups in total. The minimum atomic E-state index is -3.44. The van der Waals surface area contributed by atoms with Gasteiger partial charge in [-0.05, 0) is 36.2 Å². The Bertz CT molecular complexity index is 734. The lowest BCUT2D eigenvalue weighted by Crippen LogP contribution is -2.38. The molecule has 136 valence electrons. The van der Waals surface area contributed by atoms with E-state index >= 15 is 0 Å². The maximum absolute atomic E-state index is 12.1. The number of nitrogens with one attached hydrogen (secondary N) is 1. The lowest BCUT2D eigenvalue weighted by atomic mass is 10.2. The first-order valence-electron chi connectivity index (χ1n) is 8.34. The summed E-state index contributed by atoms with van der Waals surface area (Å²) in [5.41, 5.74) is 1.73. The largest absolute Gasteiger partial charge is 0.487 e. The second-order valence-corrected chi connectivity index (χ2v) is 7.62. The Hall–Kier alpha value is -1.96. The standard InChI is InChI=1S/C18H25N3O3S/c1-3-4-13-21(2)25(22,23)20-14-16-8-10-18(11-9-16)24-15-17-7-5-6-12-19-17/h5-12,20H,3-4,13-15H2,1-2H3. The van der Waals surface area contributed by atoms with Crippen LogP contribution in [0.5, 0.6) is 5.75 Å². The fourth-order valence-corrected chi connectivity index (χ4v) is 3.07. The van der Waals surface area contributed by atoms with Gasteiger partial charge in [-0.25, -0.2) is 0 Å². The minimum Gasteiger partial charge on any atom is -0.487 e. The summed E-state index contributed by atoms with van der Waals surface area (Å²) >= 11 is 0. The maximum Gasteiger partial charge on any atom is 0.279 e. The number of hydrogen-bond acceptors (Lipinski definition) is 4. The van der Waals surface area contributed by atoms with E-state index in [4.69, 9.17) is 4.74 Å². The summed E-state index contributed by atoms with van der Waals surface area (Å²) < 4.78 is 33.9. The van der Waals surface area contributed by atoms with Gasteiger partial charge in [-0.2, -0.15) is 17.4 Å². The molecule has 0 unspecified atom stereocenters. The molecule has 2 aromatic rings. The average Bonchev–Trinajstić information content (AvgIpc) is 2.64. The lowest BCUT2D eigenvalue weighted by molar-refractivity contribution is 0.301. The van der Waals surface area contributed by atoms with E-state index in [0.717, 1.165) is 29.8 Å². The summed E-state index contributed by atoms with van der Waals surface area (Å²) in [6, 6.07) is 13.0. The van der Waals surface area contributed by atoms with E-state index in [-0.39, 0.29) is 6.54 Å². The molecular weight excluding hydrogens is 338 g/mol. The third kappa shape index (κ3) is 6.45. The Kier molecular flexibility index (Phi) is 7.36. The van der Waals surface area contributed by atoms with Gasteiger partial charge in [-0.3, -0.25) is 4.98 Å². The molecule has 0 saturated heterocycles. The van der Waals surface area contributed by atoms with Gasteiger partial charge >= 0.3 is 0 Å². The maximum atomic E-state index is 12.1. The van der Waals surface area contributed by atoms with E-state index in [9.17, 15) is 8.42 Å². The fraction of sp³-hybridized carbons (Fsp3) is 0.389. The Morgan fingerprint density at radius 1 is 1.16 bits per heavy atom. The SMILES string of the molecule is CCCCN(C)S(=O)(=O)NCc1ccc(OCc2ccccn2)cc1. The van der Waals surface area contributed by atoms with Gasteiger partial charge in [0.25, 0.3) is 10.2 Å². The number of hydrogen-bond donors (Lipinski definition) is 1. The molecule has 1 aromatic heterocycles. The normalized spacial score (nSPS) is 11.6. The van der Waals surface area contributed by atoms with Crippen LogP contribution in [-0.4, -0.2) is 31.3 Å². The molecule has 0 bridgehead atoms. The second kappa shape index (κ2) is 9.50. The topological polar surface area (TPSA) is 71.5 Å². The Morgan fingerprint density at radius 2 is 1.92 bits per heavy atom. The number of rotatable bonds is 10. The zero-order chi connectivity index (χ0) is 18.1. The summed E-state index contributed by atoms with van der Waals surface area (Å²) in [5.74, 6) is 0.720. The van der Waals surface area contributed by atoms with Gasteiger partial charge in [0.2, 0.25) is 0 Å². The molecule has 0 saturated carbocycles. The highest BCUT2D eigenvalue weighted by Crippen LogP contribution is 2.14. The highest BCUT2D eigenvalue weighted by molar-refractivity contribution is 7.87. The molecule has 0 amide bonds. The van der Waals surface area contributed by atoms with Crippen molar-refractivity contribution in [2.75, 3.05) is 13.6 Å². The Labute approximate surface area is 150 Å². The van der Waals surface area contributed by atoms with Gasteiger partial charge in [0.1, 0.15) is 12.4 Å². The molecule has 25 heavy (non-hydrogen) atoms. The quantitative estimate of drug-likeness (QED) is 0.704. The van der Waals surface area contributed by atoms with Crippen molar-refractivity contribution in [2.24, 2.45) is 0 Å². The third-order valence-corrected chi connectivity index (χ3v) is 5.24. The number of unbranched alkanes of at least 4 members (excludes halogenated alkanes) is 1. The van der Waals surface area contributed by atoms with Crippen LogP contribution in [0, 0.1) is 0 Å². The fourth-order valence-electron chi connectivity index (χ4n) is 2.13. The van der Waals surface area contributed by atoms with Gasteiger partial charge in [0.15, 0.2) is 0 Å². The monoisotopic (exact) mass is 363 g/mol. The molecule has 0 radical (unpaired) electrons.